The lowest BCUT2D eigenvalue weighted by Crippen LogP contribution is -2.58. The number of amides is 1. The van der Waals surface area contributed by atoms with Crippen LogP contribution in [-0.2, 0) is 6.42 Å². The highest BCUT2D eigenvalue weighted by molar-refractivity contribution is 5.74. The summed E-state index contributed by atoms with van der Waals surface area (Å²) in [5.41, 5.74) is 2.54. The zero-order chi connectivity index (χ0) is 23.2. The SMILES string of the molecule is CCc1cc(O)c(F)cc1-c1cc(OC2CC(N(C(=O)O)C(C)(C)C)C2)c2cncn2c1. The van der Waals surface area contributed by atoms with Gasteiger partial charge in [0, 0.05) is 36.2 Å². The van der Waals surface area contributed by atoms with Crippen LogP contribution in [0.3, 0.4) is 0 Å². The van der Waals surface area contributed by atoms with Crippen molar-refractivity contribution in [3.05, 3.63) is 48.3 Å². The van der Waals surface area contributed by atoms with Crippen LogP contribution < -0.4 is 4.74 Å². The quantitative estimate of drug-likeness (QED) is 0.575. The Kier molecular flexibility index (Phi) is 5.48. The number of aryl methyl sites for hydroxylation is 1. The van der Waals surface area contributed by atoms with Crippen molar-refractivity contribution in [1.82, 2.24) is 14.3 Å². The largest absolute Gasteiger partial charge is 0.505 e. The van der Waals surface area contributed by atoms with E-state index < -0.39 is 17.4 Å². The van der Waals surface area contributed by atoms with Crippen molar-refractivity contribution < 1.29 is 24.1 Å². The lowest BCUT2D eigenvalue weighted by molar-refractivity contribution is -0.0130. The molecular formula is C24H28FN3O4. The Balaban J connectivity index is 1.62. The second-order valence-electron chi connectivity index (χ2n) is 9.28. The molecule has 2 N–H and O–H groups in total. The number of phenols is 1. The molecule has 0 saturated heterocycles. The van der Waals surface area contributed by atoms with Gasteiger partial charge in [-0.1, -0.05) is 6.92 Å². The number of nitrogens with zero attached hydrogens (tertiary/aromatic N) is 3. The van der Waals surface area contributed by atoms with E-state index in [9.17, 15) is 19.4 Å². The number of phenolic OH excluding ortho intramolecular Hbond substituents is 1. The molecule has 8 heteroatoms. The van der Waals surface area contributed by atoms with Crippen molar-refractivity contribution in [2.75, 3.05) is 0 Å². The van der Waals surface area contributed by atoms with Gasteiger partial charge < -0.3 is 24.3 Å². The van der Waals surface area contributed by atoms with Gasteiger partial charge in [0.05, 0.1) is 12.5 Å². The normalized spacial score (nSPS) is 18.4. The van der Waals surface area contributed by atoms with Crippen LogP contribution in [-0.4, -0.2) is 48.3 Å². The van der Waals surface area contributed by atoms with E-state index in [2.05, 4.69) is 4.98 Å². The number of aromatic nitrogens is 2. The van der Waals surface area contributed by atoms with Crippen LogP contribution in [0.1, 0.15) is 46.1 Å². The van der Waals surface area contributed by atoms with Crippen LogP contribution in [0.15, 0.2) is 36.9 Å². The molecule has 32 heavy (non-hydrogen) atoms. The van der Waals surface area contributed by atoms with Crippen LogP contribution in [0.2, 0.25) is 0 Å². The molecule has 0 radical (unpaired) electrons. The van der Waals surface area contributed by atoms with Crippen molar-refractivity contribution in [3.8, 4) is 22.6 Å². The predicted molar refractivity (Wildman–Crippen MR) is 119 cm³/mol. The molecule has 1 aliphatic rings. The summed E-state index contributed by atoms with van der Waals surface area (Å²) in [6.45, 7) is 7.60. The van der Waals surface area contributed by atoms with Gasteiger partial charge in [0.1, 0.15) is 17.4 Å². The summed E-state index contributed by atoms with van der Waals surface area (Å²) in [6, 6.07) is 4.55. The van der Waals surface area contributed by atoms with Crippen LogP contribution in [0.5, 0.6) is 11.5 Å². The fourth-order valence-electron chi connectivity index (χ4n) is 4.42. The summed E-state index contributed by atoms with van der Waals surface area (Å²) in [7, 11) is 0. The lowest BCUT2D eigenvalue weighted by Gasteiger charge is -2.47. The molecule has 4 rings (SSSR count). The minimum absolute atomic E-state index is 0.0977. The molecule has 0 bridgehead atoms. The molecule has 1 saturated carbocycles. The molecule has 3 aromatic rings. The third kappa shape index (κ3) is 3.97. The fraction of sp³-hybridized carbons (Fsp3) is 0.417. The molecule has 2 heterocycles. The molecule has 1 aromatic carbocycles. The summed E-state index contributed by atoms with van der Waals surface area (Å²) < 4.78 is 22.2. The highest BCUT2D eigenvalue weighted by Crippen LogP contribution is 2.37. The Morgan fingerprint density at radius 3 is 2.66 bits per heavy atom. The van der Waals surface area contributed by atoms with Crippen molar-refractivity contribution in [1.29, 1.82) is 0 Å². The fourth-order valence-corrected chi connectivity index (χ4v) is 4.42. The van der Waals surface area contributed by atoms with Gasteiger partial charge in [0.2, 0.25) is 0 Å². The van der Waals surface area contributed by atoms with Crippen LogP contribution >= 0.6 is 0 Å². The summed E-state index contributed by atoms with van der Waals surface area (Å²) >= 11 is 0. The van der Waals surface area contributed by atoms with Crippen molar-refractivity contribution in [3.63, 3.8) is 0 Å². The Morgan fingerprint density at radius 2 is 2.03 bits per heavy atom. The van der Waals surface area contributed by atoms with Crippen LogP contribution in [0, 0.1) is 5.82 Å². The first kappa shape index (κ1) is 21.9. The smallest absolute Gasteiger partial charge is 0.407 e. The van der Waals surface area contributed by atoms with Gasteiger partial charge in [-0.2, -0.15) is 0 Å². The first-order valence-electron chi connectivity index (χ1n) is 10.7. The molecule has 170 valence electrons. The zero-order valence-electron chi connectivity index (χ0n) is 18.7. The first-order valence-corrected chi connectivity index (χ1v) is 10.7. The molecule has 0 unspecified atom stereocenters. The standard InChI is InChI=1S/C24H28FN3O4/c1-5-14-6-21(29)19(25)10-18(14)15-7-22(20-11-26-13-27(20)12-15)32-17-8-16(9-17)28(23(30)31)24(2,3)4/h6-7,10-13,16-17,29H,5,8-9H2,1-4H3,(H,30,31). The van der Waals surface area contributed by atoms with E-state index >= 15 is 0 Å². The molecule has 0 aliphatic heterocycles. The van der Waals surface area contributed by atoms with Crippen molar-refractivity contribution >= 4 is 11.6 Å². The number of imidazole rings is 1. The van der Waals surface area contributed by atoms with Crippen LogP contribution in [0.4, 0.5) is 9.18 Å². The topological polar surface area (TPSA) is 87.3 Å². The summed E-state index contributed by atoms with van der Waals surface area (Å²) in [6.07, 6.45) is 5.99. The van der Waals surface area contributed by atoms with E-state index in [0.717, 1.165) is 16.6 Å². The number of rotatable bonds is 5. The van der Waals surface area contributed by atoms with E-state index in [1.807, 2.05) is 44.4 Å². The number of ether oxygens (including phenoxy) is 1. The van der Waals surface area contributed by atoms with E-state index in [1.165, 1.54) is 17.0 Å². The van der Waals surface area contributed by atoms with Crippen molar-refractivity contribution in [2.45, 2.75) is 64.6 Å². The maximum absolute atomic E-state index is 14.1. The average molecular weight is 442 g/mol. The summed E-state index contributed by atoms with van der Waals surface area (Å²) in [5.74, 6) is -0.437. The molecular weight excluding hydrogens is 413 g/mol. The Hall–Kier alpha value is -3.29. The number of halogens is 1. The minimum atomic E-state index is -0.928. The molecule has 2 aromatic heterocycles. The minimum Gasteiger partial charge on any atom is -0.505 e. The Labute approximate surface area is 186 Å². The third-order valence-corrected chi connectivity index (χ3v) is 6.01. The Morgan fingerprint density at radius 1 is 1.31 bits per heavy atom. The highest BCUT2D eigenvalue weighted by atomic mass is 19.1. The molecule has 7 nitrogen and oxygen atoms in total. The van der Waals surface area contributed by atoms with Gasteiger partial charge in [-0.15, -0.1) is 0 Å². The molecule has 0 atom stereocenters. The molecule has 1 amide bonds. The van der Waals surface area contributed by atoms with Crippen molar-refractivity contribution in [2.24, 2.45) is 0 Å². The predicted octanol–water partition coefficient (Wildman–Crippen LogP) is 5.10. The van der Waals surface area contributed by atoms with E-state index in [1.54, 1.807) is 12.5 Å². The number of benzene rings is 1. The maximum Gasteiger partial charge on any atom is 0.407 e. The second kappa shape index (κ2) is 8.00. The monoisotopic (exact) mass is 441 g/mol. The molecule has 0 spiro atoms. The maximum atomic E-state index is 14.1. The van der Waals surface area contributed by atoms with Gasteiger partial charge >= 0.3 is 6.09 Å². The average Bonchev–Trinajstić information content (AvgIpc) is 3.15. The lowest BCUT2D eigenvalue weighted by atomic mass is 9.85. The first-order chi connectivity index (χ1) is 15.1. The van der Waals surface area contributed by atoms with Gasteiger partial charge in [0.15, 0.2) is 11.6 Å². The van der Waals surface area contributed by atoms with Gasteiger partial charge in [-0.3, -0.25) is 0 Å². The molecule has 1 fully saturated rings. The Bertz CT molecular complexity index is 1160. The number of pyridine rings is 1. The molecule has 1 aliphatic carbocycles. The van der Waals surface area contributed by atoms with Gasteiger partial charge in [-0.05, 0) is 56.5 Å². The number of hydrogen-bond donors (Lipinski definition) is 2. The number of aromatic hydroxyl groups is 1. The van der Waals surface area contributed by atoms with Gasteiger partial charge in [0.25, 0.3) is 0 Å². The number of carbonyl (C=O) groups is 1. The number of carboxylic acid groups (broad SMARTS) is 1. The number of fused-ring (bicyclic) bond motifs is 1. The van der Waals surface area contributed by atoms with E-state index in [-0.39, 0.29) is 17.9 Å². The summed E-state index contributed by atoms with van der Waals surface area (Å²) in [5, 5.41) is 19.4. The number of hydrogen-bond acceptors (Lipinski definition) is 4. The zero-order valence-corrected chi connectivity index (χ0v) is 18.7. The third-order valence-electron chi connectivity index (χ3n) is 6.01. The summed E-state index contributed by atoms with van der Waals surface area (Å²) in [4.78, 5) is 17.4. The second-order valence-corrected chi connectivity index (χ2v) is 9.28. The highest BCUT2D eigenvalue weighted by Gasteiger charge is 2.42. The van der Waals surface area contributed by atoms with Gasteiger partial charge in [-0.25, -0.2) is 14.2 Å². The van der Waals surface area contributed by atoms with E-state index in [0.29, 0.717) is 30.6 Å². The van der Waals surface area contributed by atoms with Crippen LogP contribution in [0.25, 0.3) is 16.6 Å². The van der Waals surface area contributed by atoms with E-state index in [4.69, 9.17) is 4.74 Å².